The Morgan fingerprint density at radius 1 is 1.60 bits per heavy atom. The number of nitrogens with two attached hydrogens (primary N) is 1. The maximum Gasteiger partial charge on any atom is 0.284 e. The van der Waals surface area contributed by atoms with Gasteiger partial charge in [-0.3, -0.25) is 4.79 Å². The van der Waals surface area contributed by atoms with E-state index in [1.165, 1.54) is 0 Å². The summed E-state index contributed by atoms with van der Waals surface area (Å²) in [6.45, 7) is 0. The van der Waals surface area contributed by atoms with Crippen molar-refractivity contribution in [3.63, 3.8) is 0 Å². The molecule has 0 fully saturated rings. The normalized spacial score (nSPS) is 10.5. The lowest BCUT2D eigenvalue weighted by Gasteiger charge is -2.10. The van der Waals surface area contributed by atoms with Gasteiger partial charge in [-0.1, -0.05) is 0 Å². The number of hydrogen-bond acceptors (Lipinski definition) is 3. The lowest BCUT2D eigenvalue weighted by Crippen LogP contribution is -2.15. The van der Waals surface area contributed by atoms with Crippen LogP contribution in [0.25, 0.3) is 0 Å². The van der Waals surface area contributed by atoms with E-state index in [0.717, 1.165) is 7.11 Å². The Labute approximate surface area is 82.9 Å². The number of ether oxygens (including phenoxy) is 1. The fourth-order valence-electron chi connectivity index (χ4n) is 1.07. The van der Waals surface area contributed by atoms with Crippen LogP contribution in [0, 0.1) is 5.95 Å². The molecule has 2 N–H and O–H groups in total. The molecular weight excluding hydrogens is 213 g/mol. The number of nitrogens with zero attached hydrogens (tertiary/aromatic N) is 1. The van der Waals surface area contributed by atoms with Crippen LogP contribution in [0.15, 0.2) is 6.07 Å². The number of amides is 1. The lowest BCUT2D eigenvalue weighted by atomic mass is 10.2. The van der Waals surface area contributed by atoms with Crippen LogP contribution in [-0.4, -0.2) is 18.0 Å². The number of aromatic nitrogens is 1. The third kappa shape index (κ3) is 2.17. The molecule has 4 nitrogen and oxygen atoms in total. The molecule has 1 aromatic heterocycles. The van der Waals surface area contributed by atoms with Gasteiger partial charge < -0.3 is 10.5 Å². The van der Waals surface area contributed by atoms with Crippen LogP contribution in [0.1, 0.15) is 22.5 Å². The summed E-state index contributed by atoms with van der Waals surface area (Å²) in [7, 11) is 1.06. The van der Waals surface area contributed by atoms with Gasteiger partial charge in [0.1, 0.15) is 0 Å². The standard InChI is InChI=1S/C8H7F3N2O2/c1-15-6-3(8(12)14)2-4(9)13-5(6)7(10)11/h2,7H,1H3,(H2,12,14). The molecule has 0 aromatic carbocycles. The highest BCUT2D eigenvalue weighted by molar-refractivity contribution is 5.95. The van der Waals surface area contributed by atoms with Gasteiger partial charge in [0.05, 0.1) is 12.7 Å². The summed E-state index contributed by atoms with van der Waals surface area (Å²) in [5.74, 6) is -2.77. The van der Waals surface area contributed by atoms with Crippen LogP contribution in [0.4, 0.5) is 13.2 Å². The van der Waals surface area contributed by atoms with Crippen LogP contribution in [0.3, 0.4) is 0 Å². The molecular formula is C8H7F3N2O2. The van der Waals surface area contributed by atoms with Crippen molar-refractivity contribution in [1.29, 1.82) is 0 Å². The maximum absolute atomic E-state index is 12.8. The van der Waals surface area contributed by atoms with Gasteiger partial charge in [-0.2, -0.15) is 4.39 Å². The van der Waals surface area contributed by atoms with Crippen LogP contribution in [0.5, 0.6) is 5.75 Å². The van der Waals surface area contributed by atoms with Crippen molar-refractivity contribution in [2.75, 3.05) is 7.11 Å². The highest BCUT2D eigenvalue weighted by Crippen LogP contribution is 2.30. The minimum absolute atomic E-state index is 0.458. The fraction of sp³-hybridized carbons (Fsp3) is 0.250. The molecule has 82 valence electrons. The Morgan fingerprint density at radius 2 is 2.20 bits per heavy atom. The Bertz CT molecular complexity index is 396. The molecule has 1 heterocycles. The number of carbonyl (C=O) groups is 1. The molecule has 1 aromatic rings. The van der Waals surface area contributed by atoms with Gasteiger partial charge in [0.15, 0.2) is 11.4 Å². The largest absolute Gasteiger partial charge is 0.494 e. The topological polar surface area (TPSA) is 65.2 Å². The van der Waals surface area contributed by atoms with Crippen molar-refractivity contribution in [2.45, 2.75) is 6.43 Å². The van der Waals surface area contributed by atoms with Crippen molar-refractivity contribution in [3.8, 4) is 5.75 Å². The minimum atomic E-state index is -3.05. The van der Waals surface area contributed by atoms with Crippen LogP contribution in [-0.2, 0) is 0 Å². The zero-order valence-electron chi connectivity index (χ0n) is 7.63. The minimum Gasteiger partial charge on any atom is -0.494 e. The van der Waals surface area contributed by atoms with E-state index in [1.54, 1.807) is 0 Å². The molecule has 1 amide bonds. The van der Waals surface area contributed by atoms with Crippen molar-refractivity contribution >= 4 is 5.91 Å². The van der Waals surface area contributed by atoms with Crippen molar-refractivity contribution in [3.05, 3.63) is 23.3 Å². The Kier molecular flexibility index (Phi) is 3.13. The number of alkyl halides is 2. The number of primary amides is 1. The Balaban J connectivity index is 3.45. The second-order valence-electron chi connectivity index (χ2n) is 2.58. The third-order valence-corrected chi connectivity index (χ3v) is 1.64. The summed E-state index contributed by atoms with van der Waals surface area (Å²) in [6.07, 6.45) is -3.05. The summed E-state index contributed by atoms with van der Waals surface area (Å²) >= 11 is 0. The quantitative estimate of drug-likeness (QED) is 0.780. The van der Waals surface area contributed by atoms with E-state index in [-0.39, 0.29) is 0 Å². The van der Waals surface area contributed by atoms with Crippen molar-refractivity contribution < 1.29 is 22.7 Å². The van der Waals surface area contributed by atoms with E-state index in [1.807, 2.05) is 0 Å². The molecule has 0 radical (unpaired) electrons. The van der Waals surface area contributed by atoms with Crippen LogP contribution < -0.4 is 10.5 Å². The first-order valence-electron chi connectivity index (χ1n) is 3.79. The van der Waals surface area contributed by atoms with Crippen LogP contribution >= 0.6 is 0 Å². The second kappa shape index (κ2) is 4.16. The maximum atomic E-state index is 12.8. The van der Waals surface area contributed by atoms with Crippen molar-refractivity contribution in [1.82, 2.24) is 4.98 Å². The van der Waals surface area contributed by atoms with Gasteiger partial charge in [-0.05, 0) is 0 Å². The summed E-state index contributed by atoms with van der Waals surface area (Å²) < 4.78 is 42.1. The highest BCUT2D eigenvalue weighted by Gasteiger charge is 2.23. The van der Waals surface area contributed by atoms with Gasteiger partial charge in [-0.15, -0.1) is 0 Å². The zero-order chi connectivity index (χ0) is 11.6. The molecule has 15 heavy (non-hydrogen) atoms. The second-order valence-corrected chi connectivity index (χ2v) is 2.58. The fourth-order valence-corrected chi connectivity index (χ4v) is 1.07. The van der Waals surface area contributed by atoms with Gasteiger partial charge in [0.25, 0.3) is 12.3 Å². The van der Waals surface area contributed by atoms with Gasteiger partial charge in [0, 0.05) is 6.07 Å². The van der Waals surface area contributed by atoms with E-state index >= 15 is 0 Å². The molecule has 0 aliphatic rings. The summed E-state index contributed by atoms with van der Waals surface area (Å²) in [5, 5.41) is 0. The summed E-state index contributed by atoms with van der Waals surface area (Å²) in [6, 6.07) is 0.646. The van der Waals surface area contributed by atoms with Gasteiger partial charge in [-0.25, -0.2) is 13.8 Å². The Hall–Kier alpha value is -1.79. The average Bonchev–Trinajstić information content (AvgIpc) is 2.16. The van der Waals surface area contributed by atoms with Gasteiger partial charge >= 0.3 is 0 Å². The van der Waals surface area contributed by atoms with Crippen molar-refractivity contribution in [2.24, 2.45) is 5.73 Å². The van der Waals surface area contributed by atoms with Gasteiger partial charge in [0.2, 0.25) is 5.95 Å². The third-order valence-electron chi connectivity index (χ3n) is 1.64. The number of methoxy groups -OCH3 is 1. The monoisotopic (exact) mass is 220 g/mol. The molecule has 0 spiro atoms. The number of carbonyl (C=O) groups excluding carboxylic acids is 1. The van der Waals surface area contributed by atoms with Crippen LogP contribution in [0.2, 0.25) is 0 Å². The number of pyridine rings is 1. The van der Waals surface area contributed by atoms with E-state index < -0.39 is 35.3 Å². The van der Waals surface area contributed by atoms with E-state index in [2.05, 4.69) is 9.72 Å². The number of hydrogen-bond donors (Lipinski definition) is 1. The SMILES string of the molecule is COc1c(C(N)=O)cc(F)nc1C(F)F. The number of rotatable bonds is 3. The molecule has 0 atom stereocenters. The van der Waals surface area contributed by atoms with E-state index in [0.29, 0.717) is 6.07 Å². The molecule has 1 rings (SSSR count). The predicted octanol–water partition coefficient (Wildman–Crippen LogP) is 1.27. The zero-order valence-corrected chi connectivity index (χ0v) is 7.63. The number of halogens is 3. The first kappa shape index (κ1) is 11.3. The summed E-state index contributed by atoms with van der Waals surface area (Å²) in [5.41, 5.74) is 3.47. The average molecular weight is 220 g/mol. The smallest absolute Gasteiger partial charge is 0.284 e. The molecule has 0 saturated heterocycles. The molecule has 7 heteroatoms. The van der Waals surface area contributed by atoms with E-state index in [4.69, 9.17) is 5.73 Å². The molecule has 0 bridgehead atoms. The molecule has 0 saturated carbocycles. The predicted molar refractivity (Wildman–Crippen MR) is 44.2 cm³/mol. The molecule has 0 aliphatic heterocycles. The first-order valence-corrected chi connectivity index (χ1v) is 3.79. The molecule has 0 unspecified atom stereocenters. The highest BCUT2D eigenvalue weighted by atomic mass is 19.3. The lowest BCUT2D eigenvalue weighted by molar-refractivity contribution is 0.0994. The first-order chi connectivity index (χ1) is 6.97. The summed E-state index contributed by atoms with van der Waals surface area (Å²) in [4.78, 5) is 13.7. The Morgan fingerprint density at radius 3 is 2.60 bits per heavy atom. The molecule has 0 aliphatic carbocycles. The van der Waals surface area contributed by atoms with E-state index in [9.17, 15) is 18.0 Å².